The third-order valence-electron chi connectivity index (χ3n) is 0.426. The predicted molar refractivity (Wildman–Crippen MR) is 37.8 cm³/mol. The minimum atomic E-state index is -2.49. The first-order chi connectivity index (χ1) is 4.54. The third kappa shape index (κ3) is 4.44. The maximum absolute atomic E-state index is 9.90. The standard InChI is InChI=1S/C2H4N2O4S2/c3-2(10(7)8)4-1-9(5)6/h1,3H,(H,5,6)(H,7,8). The van der Waals surface area contributed by atoms with Crippen LogP contribution in [0.15, 0.2) is 4.99 Å². The summed E-state index contributed by atoms with van der Waals surface area (Å²) in [6.07, 6.45) is 0. The molecule has 2 unspecified atom stereocenters. The fraction of sp³-hybridized carbons (Fsp3) is 0. The molecule has 0 aromatic heterocycles. The molecule has 0 fully saturated rings. The Kier molecular flexibility index (Phi) is 4.19. The molecule has 0 aliphatic carbocycles. The van der Waals surface area contributed by atoms with E-state index >= 15 is 0 Å². The van der Waals surface area contributed by atoms with Gasteiger partial charge in [-0.25, -0.2) is 13.4 Å². The van der Waals surface area contributed by atoms with Crippen molar-refractivity contribution < 1.29 is 17.5 Å². The van der Waals surface area contributed by atoms with E-state index in [1.807, 2.05) is 0 Å². The molecule has 0 saturated heterocycles. The van der Waals surface area contributed by atoms with Crippen LogP contribution in [0.5, 0.6) is 0 Å². The van der Waals surface area contributed by atoms with E-state index < -0.39 is 27.3 Å². The molecular formula is C2H4N2O4S2. The van der Waals surface area contributed by atoms with Crippen LogP contribution in [-0.4, -0.2) is 28.2 Å². The first kappa shape index (κ1) is 9.56. The van der Waals surface area contributed by atoms with Crippen LogP contribution in [0.3, 0.4) is 0 Å². The lowest BCUT2D eigenvalue weighted by Crippen LogP contribution is -2.01. The van der Waals surface area contributed by atoms with E-state index in [-0.39, 0.29) is 0 Å². The first-order valence-electron chi connectivity index (χ1n) is 1.87. The van der Waals surface area contributed by atoms with Crippen molar-refractivity contribution in [3.8, 4) is 0 Å². The van der Waals surface area contributed by atoms with Gasteiger partial charge in [0, 0.05) is 0 Å². The SMILES string of the molecule is N=C(N=CS(=O)O)S(=O)O. The molecule has 0 aromatic carbocycles. The molecule has 6 nitrogen and oxygen atoms in total. The summed E-state index contributed by atoms with van der Waals surface area (Å²) in [5, 5.41) is 5.68. The van der Waals surface area contributed by atoms with Gasteiger partial charge >= 0.3 is 0 Å². The van der Waals surface area contributed by atoms with Gasteiger partial charge in [-0.1, -0.05) is 0 Å². The normalized spacial score (nSPS) is 17.0. The Morgan fingerprint density at radius 2 is 2.00 bits per heavy atom. The van der Waals surface area contributed by atoms with Crippen LogP contribution in [0, 0.1) is 5.41 Å². The summed E-state index contributed by atoms with van der Waals surface area (Å²) in [7, 11) is 0. The Morgan fingerprint density at radius 1 is 1.50 bits per heavy atom. The minimum absolute atomic E-state index is 0.483. The number of nitrogens with one attached hydrogen (secondary N) is 1. The van der Waals surface area contributed by atoms with E-state index in [4.69, 9.17) is 14.5 Å². The number of rotatable bonds is 1. The van der Waals surface area contributed by atoms with Gasteiger partial charge in [-0.2, -0.15) is 0 Å². The van der Waals surface area contributed by atoms with Crippen LogP contribution in [0.1, 0.15) is 0 Å². The number of nitrogens with zero attached hydrogens (tertiary/aromatic N) is 1. The molecule has 58 valence electrons. The van der Waals surface area contributed by atoms with Crippen molar-refractivity contribution in [2.75, 3.05) is 0 Å². The molecule has 0 amide bonds. The average molecular weight is 184 g/mol. The predicted octanol–water partition coefficient (Wildman–Crippen LogP) is -0.607. The highest BCUT2D eigenvalue weighted by molar-refractivity contribution is 7.96. The molecular weight excluding hydrogens is 180 g/mol. The maximum atomic E-state index is 9.90. The molecule has 3 N–H and O–H groups in total. The van der Waals surface area contributed by atoms with Gasteiger partial charge in [-0.15, -0.1) is 0 Å². The van der Waals surface area contributed by atoms with Crippen LogP contribution < -0.4 is 0 Å². The second kappa shape index (κ2) is 4.39. The largest absolute Gasteiger partial charge is 0.302 e. The topological polar surface area (TPSA) is 111 Å². The second-order valence-corrected chi connectivity index (χ2v) is 2.71. The molecule has 0 aromatic rings. The smallest absolute Gasteiger partial charge is 0.239 e. The van der Waals surface area contributed by atoms with E-state index in [0.717, 1.165) is 0 Å². The van der Waals surface area contributed by atoms with Gasteiger partial charge < -0.3 is 4.55 Å². The van der Waals surface area contributed by atoms with E-state index in [9.17, 15) is 8.42 Å². The monoisotopic (exact) mass is 184 g/mol. The van der Waals surface area contributed by atoms with Gasteiger partial charge in [-0.05, 0) is 0 Å². The lowest BCUT2D eigenvalue weighted by molar-refractivity contribution is 0.576. The Bertz CT molecular complexity index is 211. The number of amidine groups is 1. The van der Waals surface area contributed by atoms with Crippen molar-refractivity contribution in [3.63, 3.8) is 0 Å². The Balaban J connectivity index is 4.03. The van der Waals surface area contributed by atoms with Crippen molar-refractivity contribution in [3.05, 3.63) is 0 Å². The lowest BCUT2D eigenvalue weighted by atomic mass is 11.3. The van der Waals surface area contributed by atoms with Gasteiger partial charge in [-0.3, -0.25) is 9.96 Å². The molecule has 2 atom stereocenters. The molecule has 0 aliphatic rings. The molecule has 10 heavy (non-hydrogen) atoms. The molecule has 0 spiro atoms. The maximum Gasteiger partial charge on any atom is 0.239 e. The number of hydrogen-bond acceptors (Lipinski definition) is 3. The Morgan fingerprint density at radius 3 is 2.30 bits per heavy atom. The highest BCUT2D eigenvalue weighted by Gasteiger charge is 1.98. The second-order valence-electron chi connectivity index (χ2n) is 1.06. The summed E-state index contributed by atoms with van der Waals surface area (Å²) in [6, 6.07) is 0. The molecule has 0 saturated carbocycles. The van der Waals surface area contributed by atoms with Crippen molar-refractivity contribution >= 4 is 32.9 Å². The van der Waals surface area contributed by atoms with Crippen molar-refractivity contribution in [1.29, 1.82) is 5.41 Å². The fourth-order valence-electron chi connectivity index (χ4n) is 0.138. The van der Waals surface area contributed by atoms with Gasteiger partial charge in [0.2, 0.25) is 16.2 Å². The Labute approximate surface area is 61.4 Å². The molecule has 0 bridgehead atoms. The average Bonchev–Trinajstić information content (AvgIpc) is 1.82. The van der Waals surface area contributed by atoms with Gasteiger partial charge in [0.25, 0.3) is 0 Å². The molecule has 8 heteroatoms. The third-order valence-corrected chi connectivity index (χ3v) is 1.15. The summed E-state index contributed by atoms with van der Waals surface area (Å²) in [5.74, 6) is 0. The van der Waals surface area contributed by atoms with Crippen LogP contribution in [0.25, 0.3) is 0 Å². The fourth-order valence-corrected chi connectivity index (χ4v) is 0.543. The van der Waals surface area contributed by atoms with Crippen LogP contribution in [-0.2, 0) is 22.2 Å². The van der Waals surface area contributed by atoms with Crippen molar-refractivity contribution in [1.82, 2.24) is 0 Å². The van der Waals surface area contributed by atoms with E-state index in [1.165, 1.54) is 0 Å². The lowest BCUT2D eigenvalue weighted by Gasteiger charge is -1.84. The van der Waals surface area contributed by atoms with Crippen molar-refractivity contribution in [2.24, 2.45) is 4.99 Å². The molecule has 0 radical (unpaired) electrons. The van der Waals surface area contributed by atoms with E-state index in [0.29, 0.717) is 5.55 Å². The van der Waals surface area contributed by atoms with Crippen LogP contribution >= 0.6 is 0 Å². The van der Waals surface area contributed by atoms with Crippen LogP contribution in [0.4, 0.5) is 0 Å². The van der Waals surface area contributed by atoms with Crippen LogP contribution in [0.2, 0.25) is 0 Å². The van der Waals surface area contributed by atoms with Gasteiger partial charge in [0.15, 0.2) is 11.1 Å². The Hall–Kier alpha value is -0.440. The minimum Gasteiger partial charge on any atom is -0.302 e. The molecule has 0 aliphatic heterocycles. The number of aliphatic imine (C=N–C) groups is 1. The zero-order chi connectivity index (χ0) is 8.15. The van der Waals surface area contributed by atoms with Crippen molar-refractivity contribution in [2.45, 2.75) is 0 Å². The van der Waals surface area contributed by atoms with Gasteiger partial charge in [0.05, 0.1) is 0 Å². The zero-order valence-corrected chi connectivity index (χ0v) is 6.18. The summed E-state index contributed by atoms with van der Waals surface area (Å²) in [4.78, 5) is 2.88. The molecule has 0 rings (SSSR count). The summed E-state index contributed by atoms with van der Waals surface area (Å²) >= 11 is -4.77. The summed E-state index contributed by atoms with van der Waals surface area (Å²) in [5.41, 5.74) is 0.483. The first-order valence-corrected chi connectivity index (χ1v) is 4.15. The summed E-state index contributed by atoms with van der Waals surface area (Å²) < 4.78 is 35.8. The molecule has 0 heterocycles. The van der Waals surface area contributed by atoms with E-state index in [1.54, 1.807) is 0 Å². The number of hydrogen-bond donors (Lipinski definition) is 3. The summed E-state index contributed by atoms with van der Waals surface area (Å²) in [6.45, 7) is 0. The highest BCUT2D eigenvalue weighted by Crippen LogP contribution is 1.80. The highest BCUT2D eigenvalue weighted by atomic mass is 32.2. The van der Waals surface area contributed by atoms with Gasteiger partial charge in [0.1, 0.15) is 5.55 Å². The zero-order valence-electron chi connectivity index (χ0n) is 4.55. The quantitative estimate of drug-likeness (QED) is 0.287. The van der Waals surface area contributed by atoms with E-state index in [2.05, 4.69) is 4.99 Å².